The van der Waals surface area contributed by atoms with Gasteiger partial charge in [-0.15, -0.1) is 0 Å². The van der Waals surface area contributed by atoms with Gasteiger partial charge in [0.25, 0.3) is 0 Å². The Morgan fingerprint density at radius 2 is 2.05 bits per heavy atom. The second-order valence-electron chi connectivity index (χ2n) is 5.30. The van der Waals surface area contributed by atoms with Gasteiger partial charge in [0.05, 0.1) is 11.0 Å². The van der Waals surface area contributed by atoms with Gasteiger partial charge in [-0.05, 0) is 49.4 Å². The van der Waals surface area contributed by atoms with Gasteiger partial charge in [-0.3, -0.25) is 0 Å². The lowest BCUT2D eigenvalue weighted by Gasteiger charge is -2.34. The van der Waals surface area contributed by atoms with Gasteiger partial charge in [-0.2, -0.15) is 0 Å². The van der Waals surface area contributed by atoms with Gasteiger partial charge in [-0.25, -0.2) is 12.7 Å². The summed E-state index contributed by atoms with van der Waals surface area (Å²) in [5, 5.41) is 9.24. The lowest BCUT2D eigenvalue weighted by Crippen LogP contribution is -2.39. The van der Waals surface area contributed by atoms with Crippen LogP contribution in [-0.2, 0) is 10.0 Å². The van der Waals surface area contributed by atoms with E-state index in [-0.39, 0.29) is 16.9 Å². The monoisotopic (exact) mass is 284 g/mol. The molecular weight excluding hydrogens is 264 g/mol. The maximum absolute atomic E-state index is 12.4. The summed E-state index contributed by atoms with van der Waals surface area (Å²) in [5.41, 5.74) is 7.04. The van der Waals surface area contributed by atoms with Crippen molar-refractivity contribution in [2.24, 2.45) is 5.92 Å². The van der Waals surface area contributed by atoms with E-state index in [0.29, 0.717) is 25.1 Å². The molecule has 0 saturated heterocycles. The van der Waals surface area contributed by atoms with Crippen LogP contribution in [0.1, 0.15) is 18.4 Å². The van der Waals surface area contributed by atoms with Crippen molar-refractivity contribution in [3.63, 3.8) is 0 Å². The Labute approximate surface area is 114 Å². The number of nitrogens with zero attached hydrogens (tertiary/aromatic N) is 1. The summed E-state index contributed by atoms with van der Waals surface area (Å²) >= 11 is 0. The molecule has 0 atom stereocenters. The van der Waals surface area contributed by atoms with Crippen molar-refractivity contribution < 1.29 is 13.5 Å². The number of rotatable bonds is 4. The van der Waals surface area contributed by atoms with Crippen LogP contribution in [0.5, 0.6) is 0 Å². The second kappa shape index (κ2) is 5.11. The quantitative estimate of drug-likeness (QED) is 0.807. The van der Waals surface area contributed by atoms with Gasteiger partial charge < -0.3 is 10.8 Å². The molecule has 1 saturated carbocycles. The maximum atomic E-state index is 12.4. The maximum Gasteiger partial charge on any atom is 0.242 e. The van der Waals surface area contributed by atoms with Crippen LogP contribution in [0, 0.1) is 12.8 Å². The van der Waals surface area contributed by atoms with Gasteiger partial charge >= 0.3 is 0 Å². The van der Waals surface area contributed by atoms with Crippen LogP contribution in [0.25, 0.3) is 0 Å². The van der Waals surface area contributed by atoms with Crippen LogP contribution in [-0.4, -0.2) is 37.5 Å². The van der Waals surface area contributed by atoms with E-state index >= 15 is 0 Å². The molecule has 106 valence electrons. The molecule has 0 amide bonds. The van der Waals surface area contributed by atoms with Crippen LogP contribution >= 0.6 is 0 Å². The summed E-state index contributed by atoms with van der Waals surface area (Å²) < 4.78 is 26.1. The fraction of sp³-hybridized carbons (Fsp3) is 0.538. The molecule has 0 unspecified atom stereocenters. The number of hydrogen-bond donors (Lipinski definition) is 2. The summed E-state index contributed by atoms with van der Waals surface area (Å²) in [6.45, 7) is 2.24. The normalized spacial score (nSPS) is 23.4. The largest absolute Gasteiger partial charge is 0.399 e. The van der Waals surface area contributed by atoms with Crippen molar-refractivity contribution >= 4 is 15.7 Å². The zero-order valence-corrected chi connectivity index (χ0v) is 12.0. The third-order valence-electron chi connectivity index (χ3n) is 3.68. The SMILES string of the molecule is Cc1cc(S(=O)(=O)N(C)CC2CC(O)C2)ccc1N. The number of nitrogen functional groups attached to an aromatic ring is 1. The zero-order chi connectivity index (χ0) is 14.2. The zero-order valence-electron chi connectivity index (χ0n) is 11.2. The fourth-order valence-corrected chi connectivity index (χ4v) is 3.63. The smallest absolute Gasteiger partial charge is 0.242 e. The molecule has 1 aliphatic rings. The van der Waals surface area contributed by atoms with Crippen molar-refractivity contribution in [3.05, 3.63) is 23.8 Å². The Kier molecular flexibility index (Phi) is 3.85. The molecule has 5 nitrogen and oxygen atoms in total. The Bertz CT molecular complexity index is 565. The molecule has 0 aromatic heterocycles. The van der Waals surface area contributed by atoms with Crippen LogP contribution < -0.4 is 5.73 Å². The Morgan fingerprint density at radius 3 is 2.58 bits per heavy atom. The van der Waals surface area contributed by atoms with E-state index in [1.807, 2.05) is 0 Å². The summed E-state index contributed by atoms with van der Waals surface area (Å²) in [4.78, 5) is 0.265. The minimum absolute atomic E-state index is 0.254. The second-order valence-corrected chi connectivity index (χ2v) is 7.34. The molecular formula is C13H20N2O3S. The number of anilines is 1. The number of aliphatic hydroxyl groups excluding tert-OH is 1. The fourth-order valence-electron chi connectivity index (χ4n) is 2.30. The molecule has 0 radical (unpaired) electrons. The number of sulfonamides is 1. The predicted molar refractivity (Wildman–Crippen MR) is 74.1 cm³/mol. The Morgan fingerprint density at radius 1 is 1.42 bits per heavy atom. The molecule has 6 heteroatoms. The van der Waals surface area contributed by atoms with Crippen LogP contribution in [0.4, 0.5) is 5.69 Å². The first kappa shape index (κ1) is 14.3. The first-order chi connectivity index (χ1) is 8.80. The number of hydrogen-bond acceptors (Lipinski definition) is 4. The molecule has 2 rings (SSSR count). The molecule has 3 N–H and O–H groups in total. The number of aliphatic hydroxyl groups is 1. The molecule has 1 aromatic rings. The van der Waals surface area contributed by atoms with E-state index < -0.39 is 10.0 Å². The van der Waals surface area contributed by atoms with Crippen molar-refractivity contribution in [1.82, 2.24) is 4.31 Å². The van der Waals surface area contributed by atoms with Gasteiger partial charge in [0.1, 0.15) is 0 Å². The highest BCUT2D eigenvalue weighted by Gasteiger charge is 2.31. The lowest BCUT2D eigenvalue weighted by atomic mass is 9.82. The Balaban J connectivity index is 2.14. The van der Waals surface area contributed by atoms with Crippen molar-refractivity contribution in [2.75, 3.05) is 19.3 Å². The third-order valence-corrected chi connectivity index (χ3v) is 5.49. The summed E-state index contributed by atoms with van der Waals surface area (Å²) in [6, 6.07) is 4.74. The van der Waals surface area contributed by atoms with E-state index in [1.165, 1.54) is 10.4 Å². The number of benzene rings is 1. The van der Waals surface area contributed by atoms with E-state index in [0.717, 1.165) is 5.56 Å². The molecule has 0 spiro atoms. The van der Waals surface area contributed by atoms with Crippen molar-refractivity contribution in [2.45, 2.75) is 30.8 Å². The average Bonchev–Trinajstić information content (AvgIpc) is 2.30. The van der Waals surface area contributed by atoms with Crippen molar-refractivity contribution in [1.29, 1.82) is 0 Å². The Hall–Kier alpha value is -1.11. The van der Waals surface area contributed by atoms with Crippen LogP contribution in [0.2, 0.25) is 0 Å². The van der Waals surface area contributed by atoms with E-state index in [4.69, 9.17) is 5.73 Å². The summed E-state index contributed by atoms with van der Waals surface area (Å²) in [6.07, 6.45) is 1.10. The molecule has 1 fully saturated rings. The predicted octanol–water partition coefficient (Wildman–Crippen LogP) is 0.969. The average molecular weight is 284 g/mol. The van der Waals surface area contributed by atoms with Gasteiger partial charge in [-0.1, -0.05) is 0 Å². The lowest BCUT2D eigenvalue weighted by molar-refractivity contribution is 0.0367. The first-order valence-corrected chi connectivity index (χ1v) is 7.75. The van der Waals surface area contributed by atoms with Crippen molar-refractivity contribution in [3.8, 4) is 0 Å². The minimum Gasteiger partial charge on any atom is -0.399 e. The van der Waals surface area contributed by atoms with E-state index in [2.05, 4.69) is 0 Å². The molecule has 1 aliphatic carbocycles. The minimum atomic E-state index is -3.47. The van der Waals surface area contributed by atoms with Crippen LogP contribution in [0.3, 0.4) is 0 Å². The summed E-state index contributed by atoms with van der Waals surface area (Å²) in [7, 11) is -1.90. The molecule has 0 heterocycles. The van der Waals surface area contributed by atoms with Crippen LogP contribution in [0.15, 0.2) is 23.1 Å². The van der Waals surface area contributed by atoms with Gasteiger partial charge in [0.2, 0.25) is 10.0 Å². The van der Waals surface area contributed by atoms with Gasteiger partial charge in [0, 0.05) is 19.3 Å². The summed E-state index contributed by atoms with van der Waals surface area (Å²) in [5.74, 6) is 0.254. The van der Waals surface area contributed by atoms with E-state index in [9.17, 15) is 13.5 Å². The highest BCUT2D eigenvalue weighted by molar-refractivity contribution is 7.89. The number of aryl methyl sites for hydroxylation is 1. The number of nitrogens with two attached hydrogens (primary N) is 1. The highest BCUT2D eigenvalue weighted by Crippen LogP contribution is 2.29. The molecule has 1 aromatic carbocycles. The highest BCUT2D eigenvalue weighted by atomic mass is 32.2. The molecule has 19 heavy (non-hydrogen) atoms. The molecule has 0 bridgehead atoms. The first-order valence-electron chi connectivity index (χ1n) is 6.31. The molecule has 0 aliphatic heterocycles. The topological polar surface area (TPSA) is 83.6 Å². The van der Waals surface area contributed by atoms with E-state index in [1.54, 1.807) is 26.1 Å². The van der Waals surface area contributed by atoms with Gasteiger partial charge in [0.15, 0.2) is 0 Å². The third kappa shape index (κ3) is 2.91. The standard InChI is InChI=1S/C13H20N2O3S/c1-9-5-12(3-4-13(9)14)19(17,18)15(2)8-10-6-11(16)7-10/h3-5,10-11,16H,6-8,14H2,1-2H3.